The quantitative estimate of drug-likeness (QED) is 0.777. The third-order valence-corrected chi connectivity index (χ3v) is 3.95. The molecule has 1 unspecified atom stereocenters. The predicted octanol–water partition coefficient (Wildman–Crippen LogP) is 4.31. The first-order valence-corrected chi connectivity index (χ1v) is 7.08. The minimum Gasteiger partial charge on any atom is -0.313 e. The average molecular weight is 269 g/mol. The van der Waals surface area contributed by atoms with Crippen LogP contribution in [-0.4, -0.2) is 12.6 Å². The molecule has 1 rings (SSSR count). The molecule has 1 N–H and O–H groups in total. The molecule has 108 valence electrons. The van der Waals surface area contributed by atoms with Crippen molar-refractivity contribution >= 4 is 0 Å². The molecule has 3 heteroatoms. The van der Waals surface area contributed by atoms with Crippen LogP contribution in [0.1, 0.15) is 46.1 Å². The van der Waals surface area contributed by atoms with E-state index in [1.165, 1.54) is 0 Å². The summed E-state index contributed by atoms with van der Waals surface area (Å²) in [5, 5.41) is 3.47. The van der Waals surface area contributed by atoms with Crippen LogP contribution in [0.3, 0.4) is 0 Å². The Kier molecular flexibility index (Phi) is 5.92. The van der Waals surface area contributed by atoms with E-state index in [1.807, 2.05) is 0 Å². The zero-order valence-corrected chi connectivity index (χ0v) is 12.4. The lowest BCUT2D eigenvalue weighted by molar-refractivity contribution is 0.228. The van der Waals surface area contributed by atoms with Gasteiger partial charge in [0.05, 0.1) is 0 Å². The second-order valence-corrected chi connectivity index (χ2v) is 5.77. The van der Waals surface area contributed by atoms with E-state index in [9.17, 15) is 8.78 Å². The Morgan fingerprint density at radius 2 is 1.89 bits per heavy atom. The molecule has 0 saturated carbocycles. The summed E-state index contributed by atoms with van der Waals surface area (Å²) in [5.74, 6) is -1.47. The second kappa shape index (κ2) is 6.99. The zero-order chi connectivity index (χ0) is 14.5. The highest BCUT2D eigenvalue weighted by atomic mass is 19.2. The van der Waals surface area contributed by atoms with Gasteiger partial charge in [0.1, 0.15) is 0 Å². The topological polar surface area (TPSA) is 12.0 Å². The van der Waals surface area contributed by atoms with Crippen LogP contribution in [0.15, 0.2) is 18.2 Å². The largest absolute Gasteiger partial charge is 0.313 e. The van der Waals surface area contributed by atoms with E-state index in [-0.39, 0.29) is 11.5 Å². The summed E-state index contributed by atoms with van der Waals surface area (Å²) < 4.78 is 27.0. The van der Waals surface area contributed by atoms with Gasteiger partial charge in [-0.15, -0.1) is 0 Å². The summed E-state index contributed by atoms with van der Waals surface area (Å²) in [6.07, 6.45) is 2.54. The molecule has 0 bridgehead atoms. The molecule has 0 saturated heterocycles. The molecular formula is C16H25F2N. The van der Waals surface area contributed by atoms with Crippen LogP contribution in [0.25, 0.3) is 0 Å². The molecule has 0 radical (unpaired) electrons. The number of hydrogen-bond donors (Lipinski definition) is 1. The minimum absolute atomic E-state index is 0.0495. The molecule has 1 atom stereocenters. The van der Waals surface area contributed by atoms with Gasteiger partial charge in [0.15, 0.2) is 11.6 Å². The number of hydrogen-bond acceptors (Lipinski definition) is 1. The predicted molar refractivity (Wildman–Crippen MR) is 76.2 cm³/mol. The van der Waals surface area contributed by atoms with Crippen LogP contribution in [0, 0.1) is 17.0 Å². The molecule has 0 spiro atoms. The summed E-state index contributed by atoms with van der Waals surface area (Å²) in [6, 6.07) is 4.56. The van der Waals surface area contributed by atoms with Gasteiger partial charge in [0.2, 0.25) is 0 Å². The van der Waals surface area contributed by atoms with E-state index in [4.69, 9.17) is 0 Å². The second-order valence-electron chi connectivity index (χ2n) is 5.77. The lowest BCUT2D eigenvalue weighted by Gasteiger charge is -2.34. The van der Waals surface area contributed by atoms with Crippen molar-refractivity contribution in [3.05, 3.63) is 35.4 Å². The molecule has 0 aliphatic heterocycles. The van der Waals surface area contributed by atoms with Crippen molar-refractivity contribution in [1.82, 2.24) is 5.32 Å². The van der Waals surface area contributed by atoms with Crippen LogP contribution in [-0.2, 0) is 6.42 Å². The lowest BCUT2D eigenvalue weighted by Crippen LogP contribution is -2.43. The van der Waals surface area contributed by atoms with Gasteiger partial charge in [-0.05, 0) is 42.9 Å². The smallest absolute Gasteiger partial charge is 0.162 e. The van der Waals surface area contributed by atoms with Gasteiger partial charge in [-0.2, -0.15) is 0 Å². The van der Waals surface area contributed by atoms with Crippen LogP contribution >= 0.6 is 0 Å². The summed E-state index contributed by atoms with van der Waals surface area (Å²) in [6.45, 7) is 9.45. The fraction of sp³-hybridized carbons (Fsp3) is 0.625. The Morgan fingerprint density at radius 3 is 2.47 bits per heavy atom. The van der Waals surface area contributed by atoms with E-state index < -0.39 is 11.6 Å². The van der Waals surface area contributed by atoms with Crippen LogP contribution in [0.4, 0.5) is 8.78 Å². The molecule has 0 aliphatic carbocycles. The zero-order valence-electron chi connectivity index (χ0n) is 12.4. The van der Waals surface area contributed by atoms with Gasteiger partial charge in [0, 0.05) is 6.04 Å². The number of benzene rings is 1. The van der Waals surface area contributed by atoms with Crippen LogP contribution in [0.2, 0.25) is 0 Å². The summed E-state index contributed by atoms with van der Waals surface area (Å²) in [4.78, 5) is 0. The number of halogens is 2. The monoisotopic (exact) mass is 269 g/mol. The summed E-state index contributed by atoms with van der Waals surface area (Å²) in [7, 11) is 0. The fourth-order valence-corrected chi connectivity index (χ4v) is 2.12. The van der Waals surface area contributed by atoms with Crippen molar-refractivity contribution in [2.45, 2.75) is 53.0 Å². The molecule has 0 fully saturated rings. The molecule has 1 aromatic carbocycles. The Balaban J connectivity index is 2.91. The van der Waals surface area contributed by atoms with Gasteiger partial charge in [-0.25, -0.2) is 8.78 Å². The van der Waals surface area contributed by atoms with E-state index >= 15 is 0 Å². The molecule has 0 heterocycles. The van der Waals surface area contributed by atoms with Crippen molar-refractivity contribution in [3.8, 4) is 0 Å². The molecule has 0 amide bonds. The normalized spacial score (nSPS) is 13.6. The highest BCUT2D eigenvalue weighted by Crippen LogP contribution is 2.28. The van der Waals surface area contributed by atoms with Crippen molar-refractivity contribution in [2.75, 3.05) is 6.54 Å². The Labute approximate surface area is 115 Å². The molecular weight excluding hydrogens is 244 g/mol. The Morgan fingerprint density at radius 1 is 1.21 bits per heavy atom. The molecule has 1 aromatic rings. The summed E-state index contributed by atoms with van der Waals surface area (Å²) in [5.41, 5.74) is 0.503. The maximum atomic E-state index is 13.8. The van der Waals surface area contributed by atoms with Crippen molar-refractivity contribution in [1.29, 1.82) is 0 Å². The van der Waals surface area contributed by atoms with Crippen LogP contribution in [0.5, 0.6) is 0 Å². The average Bonchev–Trinajstić information content (AvgIpc) is 2.39. The van der Waals surface area contributed by atoms with Gasteiger partial charge < -0.3 is 5.32 Å². The summed E-state index contributed by atoms with van der Waals surface area (Å²) >= 11 is 0. The van der Waals surface area contributed by atoms with Gasteiger partial charge in [0.25, 0.3) is 0 Å². The first kappa shape index (κ1) is 16.1. The first-order valence-electron chi connectivity index (χ1n) is 7.08. The Hall–Kier alpha value is -0.960. The van der Waals surface area contributed by atoms with Crippen molar-refractivity contribution in [3.63, 3.8) is 0 Å². The third kappa shape index (κ3) is 4.27. The standard InChI is InChI=1S/C16H25F2N/c1-5-10-19-14(16(3,4)6-2)11-12-8-7-9-13(17)15(12)18/h7-9,14,19H,5-6,10-11H2,1-4H3. The van der Waals surface area contributed by atoms with Crippen molar-refractivity contribution in [2.24, 2.45) is 5.41 Å². The highest BCUT2D eigenvalue weighted by molar-refractivity contribution is 5.20. The highest BCUT2D eigenvalue weighted by Gasteiger charge is 2.28. The van der Waals surface area contributed by atoms with E-state index in [2.05, 4.69) is 33.0 Å². The first-order chi connectivity index (χ1) is 8.92. The van der Waals surface area contributed by atoms with E-state index in [0.717, 1.165) is 25.5 Å². The maximum absolute atomic E-state index is 13.8. The lowest BCUT2D eigenvalue weighted by atomic mass is 9.79. The van der Waals surface area contributed by atoms with Gasteiger partial charge in [-0.3, -0.25) is 0 Å². The van der Waals surface area contributed by atoms with Crippen molar-refractivity contribution < 1.29 is 8.78 Å². The van der Waals surface area contributed by atoms with E-state index in [1.54, 1.807) is 12.1 Å². The molecule has 1 nitrogen and oxygen atoms in total. The number of nitrogens with one attached hydrogen (secondary N) is 1. The third-order valence-electron chi connectivity index (χ3n) is 3.95. The maximum Gasteiger partial charge on any atom is 0.162 e. The molecule has 0 aliphatic rings. The Bertz CT molecular complexity index is 402. The van der Waals surface area contributed by atoms with Gasteiger partial charge in [-0.1, -0.05) is 39.8 Å². The number of rotatable bonds is 7. The molecule has 19 heavy (non-hydrogen) atoms. The van der Waals surface area contributed by atoms with Gasteiger partial charge >= 0.3 is 0 Å². The SMILES string of the molecule is CCCNC(Cc1cccc(F)c1F)C(C)(C)CC. The van der Waals surface area contributed by atoms with Crippen LogP contribution < -0.4 is 5.32 Å². The molecule has 0 aromatic heterocycles. The fourth-order valence-electron chi connectivity index (χ4n) is 2.12. The minimum atomic E-state index is -0.763. The van der Waals surface area contributed by atoms with E-state index in [0.29, 0.717) is 12.0 Å².